The summed E-state index contributed by atoms with van der Waals surface area (Å²) in [6, 6.07) is 6.34. The molecular weight excluding hydrogens is 410 g/mol. The topological polar surface area (TPSA) is 117 Å². The van der Waals surface area contributed by atoms with Gasteiger partial charge in [-0.2, -0.15) is 0 Å². The number of ether oxygens (including phenoxy) is 2. The molecule has 0 radical (unpaired) electrons. The fraction of sp³-hybridized carbons (Fsp3) is 0.500. The van der Waals surface area contributed by atoms with Gasteiger partial charge in [-0.05, 0) is 23.8 Å². The Kier molecular flexibility index (Phi) is 4.65. The van der Waals surface area contributed by atoms with Crippen molar-refractivity contribution in [3.8, 4) is 0 Å². The first-order valence-corrected chi connectivity index (χ1v) is 11.2. The van der Waals surface area contributed by atoms with E-state index < -0.39 is 16.6 Å². The summed E-state index contributed by atoms with van der Waals surface area (Å²) in [5, 5.41) is 11.4. The van der Waals surface area contributed by atoms with Crippen LogP contribution in [0.3, 0.4) is 0 Å². The summed E-state index contributed by atoms with van der Waals surface area (Å²) in [5.74, 6) is 0.520. The van der Waals surface area contributed by atoms with Crippen molar-refractivity contribution in [2.24, 2.45) is 16.1 Å². The molecule has 1 spiro atoms. The average molecular weight is 437 g/mol. The van der Waals surface area contributed by atoms with Crippen molar-refractivity contribution in [3.63, 3.8) is 0 Å². The number of hydrogen-bond donors (Lipinski definition) is 1. The predicted octanol–water partition coefficient (Wildman–Crippen LogP) is 4.61. The summed E-state index contributed by atoms with van der Waals surface area (Å²) >= 11 is 0. The maximum Gasteiger partial charge on any atom is 0.269 e. The van der Waals surface area contributed by atoms with Crippen LogP contribution in [0.2, 0.25) is 0 Å². The fourth-order valence-corrected chi connectivity index (χ4v) is 5.40. The Balaban J connectivity index is 1.70. The van der Waals surface area contributed by atoms with E-state index in [0.29, 0.717) is 41.2 Å². The summed E-state index contributed by atoms with van der Waals surface area (Å²) in [7, 11) is 0. The Hall–Kier alpha value is -3.16. The molecule has 0 saturated heterocycles. The summed E-state index contributed by atoms with van der Waals surface area (Å²) in [4.78, 5) is 29.2. The molecule has 1 fully saturated rings. The molecule has 32 heavy (non-hydrogen) atoms. The van der Waals surface area contributed by atoms with Crippen LogP contribution in [0.5, 0.6) is 0 Å². The number of nitrogens with two attached hydrogens (primary N) is 1. The van der Waals surface area contributed by atoms with E-state index in [-0.39, 0.29) is 22.8 Å². The molecule has 1 atom stereocenters. The highest BCUT2D eigenvalue weighted by atomic mass is 16.6. The third-order valence-corrected chi connectivity index (χ3v) is 6.83. The van der Waals surface area contributed by atoms with Crippen molar-refractivity contribution in [3.05, 3.63) is 62.7 Å². The second kappa shape index (κ2) is 7.18. The number of aliphatic imine (C=N–C) groups is 1. The second-order valence-corrected chi connectivity index (χ2v) is 9.97. The van der Waals surface area contributed by atoms with E-state index in [1.54, 1.807) is 12.1 Å². The number of Topliss-reactive ketones (excluding diaryl/α,β-unsaturated/α-hetero) is 1. The van der Waals surface area contributed by atoms with E-state index in [9.17, 15) is 14.9 Å². The number of fused-ring (bicyclic) bond motifs is 1. The number of carbonyl (C=O) groups excluding carboxylic acids is 1. The van der Waals surface area contributed by atoms with Crippen molar-refractivity contribution >= 4 is 17.4 Å². The molecule has 8 heteroatoms. The van der Waals surface area contributed by atoms with Crippen LogP contribution in [0.1, 0.15) is 70.3 Å². The highest BCUT2D eigenvalue weighted by molar-refractivity contribution is 6.07. The number of nitro benzene ring substituents is 1. The monoisotopic (exact) mass is 437 g/mol. The minimum atomic E-state index is -0.735. The van der Waals surface area contributed by atoms with Gasteiger partial charge >= 0.3 is 0 Å². The fourth-order valence-electron chi connectivity index (χ4n) is 5.40. The highest BCUT2D eigenvalue weighted by Gasteiger charge is 2.49. The molecule has 4 aliphatic rings. The number of rotatable bonds is 2. The Morgan fingerprint density at radius 2 is 1.91 bits per heavy atom. The molecule has 8 nitrogen and oxygen atoms in total. The molecule has 0 bridgehead atoms. The molecule has 5 rings (SSSR count). The predicted molar refractivity (Wildman–Crippen MR) is 118 cm³/mol. The molecule has 1 saturated carbocycles. The largest absolute Gasteiger partial charge is 0.451 e. The number of ketones is 1. The van der Waals surface area contributed by atoms with Gasteiger partial charge in [0.15, 0.2) is 11.7 Å². The summed E-state index contributed by atoms with van der Waals surface area (Å²) in [6.45, 7) is 4.07. The van der Waals surface area contributed by atoms with Gasteiger partial charge in [-0.15, -0.1) is 0 Å². The van der Waals surface area contributed by atoms with E-state index in [1.807, 2.05) is 13.8 Å². The van der Waals surface area contributed by atoms with Gasteiger partial charge in [0.25, 0.3) is 5.69 Å². The first-order valence-electron chi connectivity index (χ1n) is 11.2. The first kappa shape index (κ1) is 20.7. The van der Waals surface area contributed by atoms with E-state index in [2.05, 4.69) is 0 Å². The number of hydrogen-bond acceptors (Lipinski definition) is 7. The van der Waals surface area contributed by atoms with E-state index >= 15 is 0 Å². The van der Waals surface area contributed by atoms with Gasteiger partial charge in [0.2, 0.25) is 11.6 Å². The lowest BCUT2D eigenvalue weighted by molar-refractivity contribution is -0.384. The molecule has 2 N–H and O–H groups in total. The highest BCUT2D eigenvalue weighted by Crippen LogP contribution is 2.51. The van der Waals surface area contributed by atoms with Crippen LogP contribution in [0, 0.1) is 15.5 Å². The number of nitro groups is 1. The van der Waals surface area contributed by atoms with Crippen LogP contribution >= 0.6 is 0 Å². The zero-order valence-corrected chi connectivity index (χ0v) is 18.3. The van der Waals surface area contributed by atoms with E-state index in [0.717, 1.165) is 32.1 Å². The third-order valence-electron chi connectivity index (χ3n) is 6.83. The van der Waals surface area contributed by atoms with Gasteiger partial charge in [0.05, 0.1) is 16.4 Å². The van der Waals surface area contributed by atoms with Crippen LogP contribution in [0.15, 0.2) is 52.0 Å². The van der Waals surface area contributed by atoms with Gasteiger partial charge < -0.3 is 15.2 Å². The number of nitrogens with zero attached hydrogens (tertiary/aromatic N) is 2. The molecule has 2 aliphatic carbocycles. The molecule has 0 aromatic heterocycles. The normalized spacial score (nSPS) is 26.0. The van der Waals surface area contributed by atoms with Gasteiger partial charge in [-0.1, -0.05) is 32.4 Å². The molecule has 168 valence electrons. The maximum atomic E-state index is 13.3. The van der Waals surface area contributed by atoms with Crippen molar-refractivity contribution in [2.45, 2.75) is 70.4 Å². The van der Waals surface area contributed by atoms with Crippen LogP contribution in [0.4, 0.5) is 5.69 Å². The molecule has 1 unspecified atom stereocenters. The number of allylic oxidation sites excluding steroid dienone is 2. The van der Waals surface area contributed by atoms with E-state index in [1.165, 1.54) is 12.1 Å². The van der Waals surface area contributed by atoms with E-state index in [4.69, 9.17) is 20.2 Å². The van der Waals surface area contributed by atoms with Crippen LogP contribution < -0.4 is 5.73 Å². The van der Waals surface area contributed by atoms with Crippen LogP contribution in [-0.2, 0) is 14.3 Å². The number of carbonyl (C=O) groups is 1. The Morgan fingerprint density at radius 1 is 1.16 bits per heavy atom. The minimum Gasteiger partial charge on any atom is -0.451 e. The summed E-state index contributed by atoms with van der Waals surface area (Å²) < 4.78 is 12.5. The smallest absolute Gasteiger partial charge is 0.269 e. The lowest BCUT2D eigenvalue weighted by atomic mass is 9.69. The standard InChI is InChI=1S/C24H27N3O5/c1-23(2)12-16(28)19-17(13-23)31-22-20(18(19)14-7-6-8-15(11-14)27(29)30)21(25)32-24(26-22)9-4-3-5-10-24/h6-8,11,18H,3-5,9-10,12-13,25H2,1-2H3. The maximum absolute atomic E-state index is 13.3. The molecule has 2 heterocycles. The molecule has 1 aromatic rings. The minimum absolute atomic E-state index is 0.0370. The Morgan fingerprint density at radius 3 is 2.62 bits per heavy atom. The van der Waals surface area contributed by atoms with Gasteiger partial charge in [-0.25, -0.2) is 4.99 Å². The molecule has 2 aliphatic heterocycles. The van der Waals surface area contributed by atoms with Gasteiger partial charge in [0.1, 0.15) is 5.76 Å². The summed E-state index contributed by atoms with van der Waals surface area (Å²) in [5.41, 5.74) is 7.05. The van der Waals surface area contributed by atoms with Crippen LogP contribution in [-0.4, -0.2) is 22.3 Å². The Labute approximate surface area is 186 Å². The van der Waals surface area contributed by atoms with Crippen molar-refractivity contribution in [1.82, 2.24) is 0 Å². The van der Waals surface area contributed by atoms with Gasteiger partial charge in [-0.3, -0.25) is 14.9 Å². The molecule has 0 amide bonds. The quantitative estimate of drug-likeness (QED) is 0.533. The van der Waals surface area contributed by atoms with Crippen LogP contribution in [0.25, 0.3) is 0 Å². The Bertz CT molecular complexity index is 1110. The second-order valence-electron chi connectivity index (χ2n) is 9.97. The number of non-ortho nitro benzene ring substituents is 1. The third kappa shape index (κ3) is 3.38. The van der Waals surface area contributed by atoms with Gasteiger partial charge in [0, 0.05) is 43.4 Å². The lowest BCUT2D eigenvalue weighted by Gasteiger charge is -2.43. The lowest BCUT2D eigenvalue weighted by Crippen LogP contribution is -2.44. The van der Waals surface area contributed by atoms with Crippen molar-refractivity contribution in [1.29, 1.82) is 0 Å². The zero-order valence-electron chi connectivity index (χ0n) is 18.3. The summed E-state index contributed by atoms with van der Waals surface area (Å²) in [6.07, 6.45) is 5.57. The van der Waals surface area contributed by atoms with Crippen molar-refractivity contribution < 1.29 is 19.2 Å². The zero-order chi connectivity index (χ0) is 22.7. The van der Waals surface area contributed by atoms with Crippen molar-refractivity contribution in [2.75, 3.05) is 0 Å². The first-order chi connectivity index (χ1) is 15.2. The SMILES string of the molecule is CC1(C)CC(=O)C2=C(C1)OC1=NC3(CCCCC3)OC(N)=C1C2c1cccc([N+](=O)[O-])c1. The average Bonchev–Trinajstić information content (AvgIpc) is 2.72. The number of benzene rings is 1. The molecule has 1 aromatic carbocycles. The molecular formula is C24H27N3O5.